The fourth-order valence-corrected chi connectivity index (χ4v) is 1.45. The third-order valence-electron chi connectivity index (χ3n) is 1.57. The van der Waals surface area contributed by atoms with Gasteiger partial charge in [-0.05, 0) is 39.0 Å². The predicted octanol–water partition coefficient (Wildman–Crippen LogP) is 3.17. The summed E-state index contributed by atoms with van der Waals surface area (Å²) in [7, 11) is 0. The van der Waals surface area contributed by atoms with Crippen LogP contribution < -0.4 is 4.74 Å². The Morgan fingerprint density at radius 1 is 1.38 bits per heavy atom. The van der Waals surface area contributed by atoms with Crippen LogP contribution in [0.3, 0.4) is 0 Å². The number of hydrogen-bond acceptors (Lipinski definition) is 3. The van der Waals surface area contributed by atoms with Crippen LogP contribution in [0.15, 0.2) is 28.7 Å². The van der Waals surface area contributed by atoms with Crippen molar-refractivity contribution in [1.29, 1.82) is 0 Å². The second-order valence-electron chi connectivity index (χ2n) is 4.33. The van der Waals surface area contributed by atoms with Gasteiger partial charge in [-0.1, -0.05) is 22.0 Å². The van der Waals surface area contributed by atoms with Gasteiger partial charge in [-0.25, -0.2) is 4.79 Å². The van der Waals surface area contributed by atoms with Crippen molar-refractivity contribution >= 4 is 21.9 Å². The van der Waals surface area contributed by atoms with Gasteiger partial charge in [0, 0.05) is 4.47 Å². The molecule has 0 bridgehead atoms. The molecule has 0 aliphatic rings. The first-order valence-electron chi connectivity index (χ1n) is 4.97. The number of carbonyl (C=O) groups excluding carboxylic acids is 1. The second kappa shape index (κ2) is 5.34. The van der Waals surface area contributed by atoms with E-state index < -0.39 is 5.60 Å². The zero-order valence-corrected chi connectivity index (χ0v) is 11.2. The Morgan fingerprint density at radius 3 is 2.62 bits per heavy atom. The predicted molar refractivity (Wildman–Crippen MR) is 65.5 cm³/mol. The molecule has 16 heavy (non-hydrogen) atoms. The van der Waals surface area contributed by atoms with Crippen LogP contribution in [-0.4, -0.2) is 18.2 Å². The Balaban J connectivity index is 2.43. The van der Waals surface area contributed by atoms with Crippen molar-refractivity contribution in [2.75, 3.05) is 6.61 Å². The largest absolute Gasteiger partial charge is 0.482 e. The highest BCUT2D eigenvalue weighted by Crippen LogP contribution is 2.17. The lowest BCUT2D eigenvalue weighted by atomic mass is 10.2. The van der Waals surface area contributed by atoms with Crippen LogP contribution in [0.1, 0.15) is 20.8 Å². The fraction of sp³-hybridized carbons (Fsp3) is 0.417. The molecule has 1 aromatic rings. The Kier molecular flexibility index (Phi) is 4.35. The van der Waals surface area contributed by atoms with Crippen LogP contribution in [0.5, 0.6) is 5.75 Å². The van der Waals surface area contributed by atoms with E-state index in [9.17, 15) is 4.79 Å². The minimum Gasteiger partial charge on any atom is -0.482 e. The third-order valence-corrected chi connectivity index (χ3v) is 2.07. The summed E-state index contributed by atoms with van der Waals surface area (Å²) < 4.78 is 11.3. The van der Waals surface area contributed by atoms with Crippen molar-refractivity contribution in [2.45, 2.75) is 26.4 Å². The molecule has 0 amide bonds. The number of esters is 1. The van der Waals surface area contributed by atoms with Crippen LogP contribution in [-0.2, 0) is 9.53 Å². The monoisotopic (exact) mass is 286 g/mol. The summed E-state index contributed by atoms with van der Waals surface area (Å²) in [5.74, 6) is 0.271. The van der Waals surface area contributed by atoms with Gasteiger partial charge < -0.3 is 9.47 Å². The minimum atomic E-state index is -0.474. The molecule has 4 heteroatoms. The molecule has 0 spiro atoms. The maximum absolute atomic E-state index is 11.4. The molecule has 3 nitrogen and oxygen atoms in total. The normalized spacial score (nSPS) is 11.0. The Labute approximate surface area is 104 Å². The highest BCUT2D eigenvalue weighted by molar-refractivity contribution is 9.10. The lowest BCUT2D eigenvalue weighted by Gasteiger charge is -2.19. The molecule has 0 saturated heterocycles. The van der Waals surface area contributed by atoms with Gasteiger partial charge in [0.1, 0.15) is 11.4 Å². The Hall–Kier alpha value is -1.03. The number of hydrogen-bond donors (Lipinski definition) is 0. The van der Waals surface area contributed by atoms with E-state index in [-0.39, 0.29) is 12.6 Å². The lowest BCUT2D eigenvalue weighted by Crippen LogP contribution is -2.27. The van der Waals surface area contributed by atoms with E-state index in [1.807, 2.05) is 32.9 Å². The van der Waals surface area contributed by atoms with Gasteiger partial charge in [0.15, 0.2) is 6.61 Å². The first-order chi connectivity index (χ1) is 7.37. The van der Waals surface area contributed by atoms with E-state index in [2.05, 4.69) is 15.9 Å². The smallest absolute Gasteiger partial charge is 0.344 e. The maximum atomic E-state index is 11.4. The van der Waals surface area contributed by atoms with Crippen LogP contribution in [0, 0.1) is 0 Å². The number of ether oxygens (including phenoxy) is 2. The zero-order valence-electron chi connectivity index (χ0n) is 9.62. The summed E-state index contributed by atoms with van der Waals surface area (Å²) >= 11 is 3.32. The molecule has 0 atom stereocenters. The van der Waals surface area contributed by atoms with Gasteiger partial charge in [0.2, 0.25) is 0 Å². The van der Waals surface area contributed by atoms with Crippen molar-refractivity contribution in [3.8, 4) is 5.75 Å². The molecular weight excluding hydrogens is 272 g/mol. The van der Waals surface area contributed by atoms with Gasteiger partial charge in [-0.2, -0.15) is 0 Å². The molecule has 0 unspecified atom stereocenters. The number of rotatable bonds is 3. The zero-order chi connectivity index (χ0) is 12.2. The van der Waals surface area contributed by atoms with E-state index in [0.717, 1.165) is 4.47 Å². The third kappa shape index (κ3) is 5.16. The number of carbonyl (C=O) groups is 1. The van der Waals surface area contributed by atoms with Crippen molar-refractivity contribution < 1.29 is 14.3 Å². The van der Waals surface area contributed by atoms with Gasteiger partial charge in [-0.3, -0.25) is 0 Å². The molecule has 0 aliphatic carbocycles. The van der Waals surface area contributed by atoms with E-state index in [0.29, 0.717) is 5.75 Å². The van der Waals surface area contributed by atoms with Crippen molar-refractivity contribution in [3.63, 3.8) is 0 Å². The summed E-state index contributed by atoms with van der Waals surface area (Å²) in [6.07, 6.45) is 0. The van der Waals surface area contributed by atoms with Gasteiger partial charge >= 0.3 is 5.97 Å². The van der Waals surface area contributed by atoms with Crippen LogP contribution in [0.2, 0.25) is 0 Å². The van der Waals surface area contributed by atoms with Crippen LogP contribution in [0.25, 0.3) is 0 Å². The number of benzene rings is 1. The van der Waals surface area contributed by atoms with Crippen LogP contribution in [0.4, 0.5) is 0 Å². The molecule has 0 radical (unpaired) electrons. The van der Waals surface area contributed by atoms with Gasteiger partial charge in [0.25, 0.3) is 0 Å². The standard InChI is InChI=1S/C12H15BrO3/c1-12(2,3)16-11(14)8-15-10-6-4-5-9(13)7-10/h4-7H,8H2,1-3H3. The lowest BCUT2D eigenvalue weighted by molar-refractivity contribution is -0.157. The molecule has 0 fully saturated rings. The van der Waals surface area contributed by atoms with E-state index in [1.165, 1.54) is 0 Å². The maximum Gasteiger partial charge on any atom is 0.344 e. The first-order valence-corrected chi connectivity index (χ1v) is 5.76. The molecule has 0 aromatic heterocycles. The van der Waals surface area contributed by atoms with Crippen molar-refractivity contribution in [1.82, 2.24) is 0 Å². The number of halogens is 1. The minimum absolute atomic E-state index is 0.0757. The Bertz CT molecular complexity index is 369. The van der Waals surface area contributed by atoms with E-state index in [4.69, 9.17) is 9.47 Å². The van der Waals surface area contributed by atoms with Crippen LogP contribution >= 0.6 is 15.9 Å². The van der Waals surface area contributed by atoms with Gasteiger partial charge in [0.05, 0.1) is 0 Å². The quantitative estimate of drug-likeness (QED) is 0.801. The molecule has 1 aromatic carbocycles. The van der Waals surface area contributed by atoms with Gasteiger partial charge in [-0.15, -0.1) is 0 Å². The summed E-state index contributed by atoms with van der Waals surface area (Å²) in [4.78, 5) is 11.4. The van der Waals surface area contributed by atoms with E-state index >= 15 is 0 Å². The average molecular weight is 287 g/mol. The molecule has 0 N–H and O–H groups in total. The SMILES string of the molecule is CC(C)(C)OC(=O)COc1cccc(Br)c1. The molecule has 88 valence electrons. The Morgan fingerprint density at radius 2 is 2.06 bits per heavy atom. The summed E-state index contributed by atoms with van der Waals surface area (Å²) in [6.45, 7) is 5.39. The summed E-state index contributed by atoms with van der Waals surface area (Å²) in [5, 5.41) is 0. The van der Waals surface area contributed by atoms with Crippen molar-refractivity contribution in [2.24, 2.45) is 0 Å². The van der Waals surface area contributed by atoms with E-state index in [1.54, 1.807) is 12.1 Å². The molecule has 1 rings (SSSR count). The average Bonchev–Trinajstić information content (AvgIpc) is 2.12. The summed E-state index contributed by atoms with van der Waals surface area (Å²) in [6, 6.07) is 7.31. The highest BCUT2D eigenvalue weighted by atomic mass is 79.9. The fourth-order valence-electron chi connectivity index (χ4n) is 1.07. The molecular formula is C12H15BrO3. The first kappa shape index (κ1) is 13.0. The second-order valence-corrected chi connectivity index (χ2v) is 5.25. The summed E-state index contributed by atoms with van der Waals surface area (Å²) in [5.41, 5.74) is -0.474. The van der Waals surface area contributed by atoms with Crippen molar-refractivity contribution in [3.05, 3.63) is 28.7 Å². The molecule has 0 saturated carbocycles. The topological polar surface area (TPSA) is 35.5 Å². The molecule has 0 aliphatic heterocycles. The molecule has 0 heterocycles. The highest BCUT2D eigenvalue weighted by Gasteiger charge is 2.16.